The highest BCUT2D eigenvalue weighted by Crippen LogP contribution is 2.20. The van der Waals surface area contributed by atoms with Crippen molar-refractivity contribution < 1.29 is 19.1 Å². The highest BCUT2D eigenvalue weighted by molar-refractivity contribution is 6.00. The summed E-state index contributed by atoms with van der Waals surface area (Å²) in [6.07, 6.45) is 0.926. The second kappa shape index (κ2) is 5.93. The average molecular weight is 240 g/mol. The Hall–Kier alpha value is -1.98. The first-order valence-electron chi connectivity index (χ1n) is 5.39. The van der Waals surface area contributed by atoms with Crippen molar-refractivity contribution in [2.45, 2.75) is 20.8 Å². The number of hydrogen-bond acceptors (Lipinski definition) is 4. The van der Waals surface area contributed by atoms with Crippen LogP contribution in [0.5, 0.6) is 0 Å². The minimum atomic E-state index is -0.600. The van der Waals surface area contributed by atoms with E-state index in [1.807, 2.05) is 0 Å². The third kappa shape index (κ3) is 3.24. The third-order valence-corrected chi connectivity index (χ3v) is 2.07. The first-order valence-corrected chi connectivity index (χ1v) is 5.39. The van der Waals surface area contributed by atoms with Gasteiger partial charge in [-0.2, -0.15) is 0 Å². The van der Waals surface area contributed by atoms with E-state index in [4.69, 9.17) is 9.47 Å². The minimum absolute atomic E-state index is 0.268. The van der Waals surface area contributed by atoms with Crippen LogP contribution in [0.1, 0.15) is 29.9 Å². The van der Waals surface area contributed by atoms with Gasteiger partial charge in [-0.25, -0.2) is 9.59 Å². The second-order valence-corrected chi connectivity index (χ2v) is 3.27. The standard InChI is InChI=1S/C11H16N2O4/c1-4-16-10(14)9-7(3)12-6-8(9)13-11(15)17-5-2/h6,12H,4-5H2,1-3H3,(H,13,15). The number of hydrogen-bond donors (Lipinski definition) is 2. The molecule has 94 valence electrons. The van der Waals surface area contributed by atoms with E-state index in [-0.39, 0.29) is 13.2 Å². The van der Waals surface area contributed by atoms with Crippen LogP contribution >= 0.6 is 0 Å². The van der Waals surface area contributed by atoms with Crippen LogP contribution in [-0.2, 0) is 9.47 Å². The maximum absolute atomic E-state index is 11.7. The molecule has 0 saturated heterocycles. The van der Waals surface area contributed by atoms with Crippen molar-refractivity contribution in [3.63, 3.8) is 0 Å². The van der Waals surface area contributed by atoms with Crippen molar-refractivity contribution in [3.05, 3.63) is 17.5 Å². The number of esters is 1. The van der Waals surface area contributed by atoms with E-state index in [2.05, 4.69) is 10.3 Å². The minimum Gasteiger partial charge on any atom is -0.462 e. The summed E-state index contributed by atoms with van der Waals surface area (Å²) in [6.45, 7) is 5.70. The smallest absolute Gasteiger partial charge is 0.411 e. The second-order valence-electron chi connectivity index (χ2n) is 3.27. The van der Waals surface area contributed by atoms with Crippen molar-refractivity contribution in [2.75, 3.05) is 18.5 Å². The summed E-state index contributed by atoms with van der Waals surface area (Å²) in [4.78, 5) is 25.8. The van der Waals surface area contributed by atoms with Crippen LogP contribution in [0.4, 0.5) is 10.5 Å². The summed E-state index contributed by atoms with van der Waals surface area (Å²) in [7, 11) is 0. The fourth-order valence-corrected chi connectivity index (χ4v) is 1.37. The molecule has 6 nitrogen and oxygen atoms in total. The van der Waals surface area contributed by atoms with Crippen LogP contribution in [0, 0.1) is 6.92 Å². The number of ether oxygens (including phenoxy) is 2. The monoisotopic (exact) mass is 240 g/mol. The number of H-pyrrole nitrogens is 1. The number of rotatable bonds is 4. The first kappa shape index (κ1) is 13.1. The molecular formula is C11H16N2O4. The highest BCUT2D eigenvalue weighted by atomic mass is 16.5. The lowest BCUT2D eigenvalue weighted by Gasteiger charge is -2.06. The Kier molecular flexibility index (Phi) is 4.56. The molecule has 6 heteroatoms. The Balaban J connectivity index is 2.86. The molecule has 1 aromatic rings. The van der Waals surface area contributed by atoms with Gasteiger partial charge in [-0.3, -0.25) is 5.32 Å². The van der Waals surface area contributed by atoms with Crippen LogP contribution in [0.2, 0.25) is 0 Å². The average Bonchev–Trinajstić information content (AvgIpc) is 2.60. The molecule has 0 fully saturated rings. The zero-order valence-corrected chi connectivity index (χ0v) is 10.1. The van der Waals surface area contributed by atoms with E-state index >= 15 is 0 Å². The fourth-order valence-electron chi connectivity index (χ4n) is 1.37. The Labute approximate surface area is 99.3 Å². The number of anilines is 1. The molecule has 0 unspecified atom stereocenters. The summed E-state index contributed by atoms with van der Waals surface area (Å²) < 4.78 is 9.63. The number of aryl methyl sites for hydroxylation is 1. The molecule has 1 rings (SSSR count). The quantitative estimate of drug-likeness (QED) is 0.789. The Morgan fingerprint density at radius 3 is 2.53 bits per heavy atom. The van der Waals surface area contributed by atoms with Gasteiger partial charge < -0.3 is 14.5 Å². The number of carbonyl (C=O) groups excluding carboxylic acids is 2. The molecule has 0 atom stereocenters. The van der Waals surface area contributed by atoms with Crippen LogP contribution in [-0.4, -0.2) is 30.3 Å². The van der Waals surface area contributed by atoms with Gasteiger partial charge in [0.05, 0.1) is 18.9 Å². The molecule has 0 aromatic carbocycles. The molecule has 0 bridgehead atoms. The number of aromatic amines is 1. The SMILES string of the molecule is CCOC(=O)Nc1c[nH]c(C)c1C(=O)OCC. The van der Waals surface area contributed by atoms with Gasteiger partial charge in [0.25, 0.3) is 0 Å². The predicted molar refractivity (Wildman–Crippen MR) is 62.1 cm³/mol. The van der Waals surface area contributed by atoms with E-state index in [0.29, 0.717) is 16.9 Å². The number of carbonyl (C=O) groups is 2. The third-order valence-electron chi connectivity index (χ3n) is 2.07. The van der Waals surface area contributed by atoms with Gasteiger partial charge in [-0.05, 0) is 20.8 Å². The van der Waals surface area contributed by atoms with Crippen molar-refractivity contribution in [1.82, 2.24) is 4.98 Å². The van der Waals surface area contributed by atoms with E-state index in [0.717, 1.165) is 0 Å². The molecule has 1 amide bonds. The maximum atomic E-state index is 11.7. The van der Waals surface area contributed by atoms with Crippen LogP contribution in [0.3, 0.4) is 0 Å². The van der Waals surface area contributed by atoms with Crippen LogP contribution < -0.4 is 5.32 Å². The highest BCUT2D eigenvalue weighted by Gasteiger charge is 2.19. The fraction of sp³-hybridized carbons (Fsp3) is 0.455. The number of nitrogens with one attached hydrogen (secondary N) is 2. The molecule has 0 spiro atoms. The van der Waals surface area contributed by atoms with Crippen LogP contribution in [0.15, 0.2) is 6.20 Å². The molecular weight excluding hydrogens is 224 g/mol. The first-order chi connectivity index (χ1) is 8.10. The van der Waals surface area contributed by atoms with Crippen molar-refractivity contribution in [2.24, 2.45) is 0 Å². The van der Waals surface area contributed by atoms with Crippen molar-refractivity contribution in [3.8, 4) is 0 Å². The Morgan fingerprint density at radius 1 is 1.29 bits per heavy atom. The largest absolute Gasteiger partial charge is 0.462 e. The van der Waals surface area contributed by atoms with Gasteiger partial charge in [0, 0.05) is 11.9 Å². The van der Waals surface area contributed by atoms with Gasteiger partial charge in [-0.15, -0.1) is 0 Å². The van der Waals surface area contributed by atoms with E-state index in [9.17, 15) is 9.59 Å². The number of amides is 1. The molecule has 0 aliphatic heterocycles. The predicted octanol–water partition coefficient (Wildman–Crippen LogP) is 2.07. The van der Waals surface area contributed by atoms with Crippen molar-refractivity contribution >= 4 is 17.7 Å². The normalized spacial score (nSPS) is 9.82. The molecule has 0 aliphatic carbocycles. The summed E-state index contributed by atoms with van der Waals surface area (Å²) in [6, 6.07) is 0. The Bertz CT molecular complexity index is 412. The van der Waals surface area contributed by atoms with Crippen LogP contribution in [0.25, 0.3) is 0 Å². The molecule has 1 aromatic heterocycles. The van der Waals surface area contributed by atoms with Gasteiger partial charge in [0.1, 0.15) is 5.56 Å². The zero-order valence-electron chi connectivity index (χ0n) is 10.1. The van der Waals surface area contributed by atoms with Gasteiger partial charge in [0.15, 0.2) is 0 Å². The summed E-state index contributed by atoms with van der Waals surface area (Å²) in [5, 5.41) is 2.48. The molecule has 2 N–H and O–H groups in total. The zero-order chi connectivity index (χ0) is 12.8. The summed E-state index contributed by atoms with van der Waals surface area (Å²) in [5.74, 6) is -0.474. The van der Waals surface area contributed by atoms with E-state index in [1.54, 1.807) is 20.8 Å². The molecule has 0 aliphatic rings. The molecule has 1 heterocycles. The lowest BCUT2D eigenvalue weighted by atomic mass is 10.2. The molecule has 0 saturated carbocycles. The lowest BCUT2D eigenvalue weighted by Crippen LogP contribution is -2.16. The lowest BCUT2D eigenvalue weighted by molar-refractivity contribution is 0.0527. The summed E-state index contributed by atoms with van der Waals surface area (Å²) in [5.41, 5.74) is 1.31. The van der Waals surface area contributed by atoms with E-state index in [1.165, 1.54) is 6.20 Å². The van der Waals surface area contributed by atoms with Crippen molar-refractivity contribution in [1.29, 1.82) is 0 Å². The number of aromatic nitrogens is 1. The molecule has 0 radical (unpaired) electrons. The topological polar surface area (TPSA) is 80.4 Å². The summed E-state index contributed by atoms with van der Waals surface area (Å²) >= 11 is 0. The van der Waals surface area contributed by atoms with Gasteiger partial charge >= 0.3 is 12.1 Å². The van der Waals surface area contributed by atoms with Gasteiger partial charge in [-0.1, -0.05) is 0 Å². The molecule has 17 heavy (non-hydrogen) atoms. The van der Waals surface area contributed by atoms with Gasteiger partial charge in [0.2, 0.25) is 0 Å². The van der Waals surface area contributed by atoms with E-state index < -0.39 is 12.1 Å². The Morgan fingerprint density at radius 2 is 1.94 bits per heavy atom. The maximum Gasteiger partial charge on any atom is 0.411 e.